The molecule has 0 fully saturated rings. The third-order valence-corrected chi connectivity index (χ3v) is 3.71. The summed E-state index contributed by atoms with van der Waals surface area (Å²) in [5.74, 6) is -0.803. The number of hydrogen-bond acceptors (Lipinski definition) is 4. The number of amides is 1. The lowest BCUT2D eigenvalue weighted by Crippen LogP contribution is -2.23. The monoisotopic (exact) mass is 371 g/mol. The van der Waals surface area contributed by atoms with Crippen LogP contribution in [0.25, 0.3) is 0 Å². The van der Waals surface area contributed by atoms with Gasteiger partial charge in [-0.25, -0.2) is 9.18 Å². The first-order chi connectivity index (χ1) is 12.2. The van der Waals surface area contributed by atoms with Crippen molar-refractivity contribution in [3.8, 4) is 11.5 Å². The number of ether oxygens (including phenoxy) is 3. The van der Waals surface area contributed by atoms with Crippen LogP contribution >= 0.6 is 0 Å². The summed E-state index contributed by atoms with van der Waals surface area (Å²) in [6.45, 7) is -0.247. The van der Waals surface area contributed by atoms with Crippen LogP contribution in [0.1, 0.15) is 22.8 Å². The molecule has 0 aromatic heterocycles. The molecular weight excluding hydrogens is 358 g/mol. The van der Waals surface area contributed by atoms with Gasteiger partial charge in [-0.3, -0.25) is 0 Å². The van der Waals surface area contributed by atoms with Crippen LogP contribution in [0.2, 0.25) is 0 Å². The summed E-state index contributed by atoms with van der Waals surface area (Å²) in [5.41, 5.74) is 4.80. The maximum absolute atomic E-state index is 14.2. The number of hydrogen-bond donors (Lipinski definition) is 1. The largest absolute Gasteiger partial charge is 0.485 e. The predicted octanol–water partition coefficient (Wildman–Crippen LogP) is 3.95. The van der Waals surface area contributed by atoms with Gasteiger partial charge >= 0.3 is 12.3 Å². The minimum Gasteiger partial charge on any atom is -0.485 e. The highest BCUT2D eigenvalue weighted by molar-refractivity contribution is 5.64. The number of rotatable bonds is 3. The molecule has 0 spiro atoms. The normalized spacial score (nSPS) is 16.2. The Kier molecular flexibility index (Phi) is 4.62. The van der Waals surface area contributed by atoms with Crippen molar-refractivity contribution in [1.82, 2.24) is 0 Å². The summed E-state index contributed by atoms with van der Waals surface area (Å²) in [4.78, 5) is 10.6. The van der Waals surface area contributed by atoms with Crippen LogP contribution < -0.4 is 15.2 Å². The zero-order valence-corrected chi connectivity index (χ0v) is 13.2. The van der Waals surface area contributed by atoms with E-state index in [0.29, 0.717) is 11.1 Å². The summed E-state index contributed by atoms with van der Waals surface area (Å²) < 4.78 is 67.7. The predicted molar refractivity (Wildman–Crippen MR) is 81.1 cm³/mol. The molecule has 3 rings (SSSR count). The number of alkyl halides is 3. The molecule has 2 N–H and O–H groups in total. The molecule has 0 aliphatic carbocycles. The average molecular weight is 371 g/mol. The molecule has 1 unspecified atom stereocenters. The van der Waals surface area contributed by atoms with Gasteiger partial charge in [-0.2, -0.15) is 13.2 Å². The Morgan fingerprint density at radius 2 is 1.92 bits per heavy atom. The van der Waals surface area contributed by atoms with E-state index in [9.17, 15) is 22.4 Å². The fourth-order valence-electron chi connectivity index (χ4n) is 2.47. The molecule has 1 atom stereocenters. The van der Waals surface area contributed by atoms with Gasteiger partial charge in [0.25, 0.3) is 0 Å². The number of halogens is 4. The van der Waals surface area contributed by atoms with Crippen LogP contribution in [0, 0.1) is 5.82 Å². The number of primary amides is 1. The van der Waals surface area contributed by atoms with E-state index in [4.69, 9.17) is 15.2 Å². The number of nitrogens with two attached hydrogens (primary N) is 1. The Morgan fingerprint density at radius 1 is 1.23 bits per heavy atom. The fourth-order valence-corrected chi connectivity index (χ4v) is 2.47. The quantitative estimate of drug-likeness (QED) is 0.830. The summed E-state index contributed by atoms with van der Waals surface area (Å²) in [5, 5.41) is 0. The molecule has 2 aromatic rings. The molecule has 5 nitrogen and oxygen atoms in total. The zero-order chi connectivity index (χ0) is 18.9. The molecule has 1 aliphatic heterocycles. The van der Waals surface area contributed by atoms with E-state index in [-0.39, 0.29) is 24.7 Å². The maximum atomic E-state index is 14.2. The van der Waals surface area contributed by atoms with Crippen molar-refractivity contribution in [2.24, 2.45) is 5.73 Å². The van der Waals surface area contributed by atoms with Gasteiger partial charge in [0, 0.05) is 0 Å². The molecule has 0 saturated heterocycles. The van der Waals surface area contributed by atoms with Crippen LogP contribution in [0.5, 0.6) is 11.5 Å². The third-order valence-electron chi connectivity index (χ3n) is 3.71. The van der Waals surface area contributed by atoms with E-state index in [0.717, 1.165) is 18.2 Å². The SMILES string of the molecule is NC(=O)OCc1cc(F)c2c(c1)OCC(c1ccc(C(F)(F)F)cc1)O2. The lowest BCUT2D eigenvalue weighted by molar-refractivity contribution is -0.137. The summed E-state index contributed by atoms with van der Waals surface area (Å²) in [6.07, 6.45) is -6.19. The first kappa shape index (κ1) is 17.8. The Hall–Kier alpha value is -2.97. The molecule has 9 heteroatoms. The molecule has 1 aliphatic rings. The van der Waals surface area contributed by atoms with E-state index in [1.54, 1.807) is 0 Å². The molecule has 0 bridgehead atoms. The molecule has 2 aromatic carbocycles. The van der Waals surface area contributed by atoms with Crippen LogP contribution in [0.15, 0.2) is 36.4 Å². The Morgan fingerprint density at radius 3 is 2.54 bits per heavy atom. The highest BCUT2D eigenvalue weighted by Crippen LogP contribution is 2.40. The van der Waals surface area contributed by atoms with Gasteiger partial charge in [0.05, 0.1) is 5.56 Å². The molecule has 26 heavy (non-hydrogen) atoms. The maximum Gasteiger partial charge on any atom is 0.416 e. The molecule has 1 amide bonds. The van der Waals surface area contributed by atoms with E-state index < -0.39 is 29.8 Å². The fraction of sp³-hybridized carbons (Fsp3) is 0.235. The summed E-state index contributed by atoms with van der Waals surface area (Å²) in [6, 6.07) is 6.90. The smallest absolute Gasteiger partial charge is 0.416 e. The van der Waals surface area contributed by atoms with Crippen LogP contribution in [-0.2, 0) is 17.5 Å². The van der Waals surface area contributed by atoms with E-state index in [2.05, 4.69) is 4.74 Å². The van der Waals surface area contributed by atoms with Crippen LogP contribution in [0.4, 0.5) is 22.4 Å². The van der Waals surface area contributed by atoms with Gasteiger partial charge in [-0.05, 0) is 35.4 Å². The van der Waals surface area contributed by atoms with Crippen molar-refractivity contribution in [2.45, 2.75) is 18.9 Å². The first-order valence-electron chi connectivity index (χ1n) is 7.45. The van der Waals surface area contributed by atoms with Crippen molar-refractivity contribution in [2.75, 3.05) is 6.61 Å². The lowest BCUT2D eigenvalue weighted by atomic mass is 10.1. The molecular formula is C17H13F4NO4. The van der Waals surface area contributed by atoms with Crippen LogP contribution in [0.3, 0.4) is 0 Å². The minimum atomic E-state index is -4.44. The minimum absolute atomic E-state index is 0.0159. The number of fused-ring (bicyclic) bond motifs is 1. The highest BCUT2D eigenvalue weighted by Gasteiger charge is 2.31. The van der Waals surface area contributed by atoms with Gasteiger partial charge < -0.3 is 19.9 Å². The van der Waals surface area contributed by atoms with Gasteiger partial charge in [0.2, 0.25) is 0 Å². The lowest BCUT2D eigenvalue weighted by Gasteiger charge is -2.27. The average Bonchev–Trinajstić information content (AvgIpc) is 2.59. The number of carbonyl (C=O) groups is 1. The van der Waals surface area contributed by atoms with Crippen molar-refractivity contribution in [1.29, 1.82) is 0 Å². The second kappa shape index (κ2) is 6.74. The standard InChI is InChI=1S/C17H13F4NO4/c18-12-5-9(7-25-16(22)23)6-13-15(12)26-14(8-24-13)10-1-3-11(4-2-10)17(19,20)21/h1-6,14H,7-8H2,(H2,22,23). The van der Waals surface area contributed by atoms with Gasteiger partial charge in [-0.15, -0.1) is 0 Å². The summed E-state index contributed by atoms with van der Waals surface area (Å²) in [7, 11) is 0. The van der Waals surface area contributed by atoms with E-state index >= 15 is 0 Å². The first-order valence-corrected chi connectivity index (χ1v) is 7.45. The zero-order valence-electron chi connectivity index (χ0n) is 13.2. The molecule has 0 radical (unpaired) electrons. The number of carbonyl (C=O) groups excluding carboxylic acids is 1. The Balaban J connectivity index is 1.78. The van der Waals surface area contributed by atoms with Crippen molar-refractivity contribution >= 4 is 6.09 Å². The van der Waals surface area contributed by atoms with Crippen molar-refractivity contribution < 1.29 is 36.6 Å². The van der Waals surface area contributed by atoms with Gasteiger partial charge in [0.1, 0.15) is 13.2 Å². The molecule has 138 valence electrons. The van der Waals surface area contributed by atoms with E-state index in [1.165, 1.54) is 18.2 Å². The highest BCUT2D eigenvalue weighted by atomic mass is 19.4. The van der Waals surface area contributed by atoms with Gasteiger partial charge in [0.15, 0.2) is 23.4 Å². The number of benzene rings is 2. The second-order valence-corrected chi connectivity index (χ2v) is 5.55. The topological polar surface area (TPSA) is 70.8 Å². The van der Waals surface area contributed by atoms with Gasteiger partial charge in [-0.1, -0.05) is 12.1 Å². The third kappa shape index (κ3) is 3.81. The van der Waals surface area contributed by atoms with E-state index in [1.807, 2.05) is 0 Å². The molecule has 1 heterocycles. The Bertz CT molecular complexity index is 821. The van der Waals surface area contributed by atoms with Crippen molar-refractivity contribution in [3.63, 3.8) is 0 Å². The van der Waals surface area contributed by atoms with Crippen molar-refractivity contribution in [3.05, 3.63) is 58.9 Å². The summed E-state index contributed by atoms with van der Waals surface area (Å²) >= 11 is 0. The van der Waals surface area contributed by atoms with Crippen LogP contribution in [-0.4, -0.2) is 12.7 Å². The second-order valence-electron chi connectivity index (χ2n) is 5.55. The molecule has 0 saturated carbocycles. The Labute approximate surface area is 145 Å².